The second kappa shape index (κ2) is 14.0. The molecule has 59 heavy (non-hydrogen) atoms. The van der Waals surface area contributed by atoms with Crippen LogP contribution >= 0.6 is 0 Å². The number of allylic oxidation sites excluding steroid dienone is 5. The Kier molecular flexibility index (Phi) is 8.33. The number of aromatic nitrogens is 3. The lowest BCUT2D eigenvalue weighted by Crippen LogP contribution is -2.20. The van der Waals surface area contributed by atoms with Crippen molar-refractivity contribution < 1.29 is 0 Å². The highest BCUT2D eigenvalue weighted by molar-refractivity contribution is 5.94. The molecule has 2 aliphatic carbocycles. The van der Waals surface area contributed by atoms with Crippen molar-refractivity contribution in [2.24, 2.45) is 5.92 Å². The third-order valence-corrected chi connectivity index (χ3v) is 12.5. The zero-order chi connectivity index (χ0) is 39.5. The normalized spacial score (nSPS) is 17.5. The molecule has 1 aliphatic heterocycles. The van der Waals surface area contributed by atoms with Gasteiger partial charge in [-0.1, -0.05) is 178 Å². The van der Waals surface area contributed by atoms with Gasteiger partial charge in [0.2, 0.25) is 0 Å². The van der Waals surface area contributed by atoms with Gasteiger partial charge in [0.05, 0.1) is 6.04 Å². The van der Waals surface area contributed by atoms with E-state index in [1.165, 1.54) is 61.2 Å². The van der Waals surface area contributed by atoms with Gasteiger partial charge >= 0.3 is 0 Å². The highest BCUT2D eigenvalue weighted by Crippen LogP contribution is 2.53. The predicted octanol–water partition coefficient (Wildman–Crippen LogP) is 13.4. The molecule has 2 atom stereocenters. The molecule has 4 heteroatoms. The number of hydrogen-bond donors (Lipinski definition) is 1. The average Bonchev–Trinajstić information content (AvgIpc) is 3.53. The van der Waals surface area contributed by atoms with E-state index in [0.717, 1.165) is 28.5 Å². The molecule has 3 aliphatic rings. The second-order valence-corrected chi connectivity index (χ2v) is 16.5. The maximum atomic E-state index is 5.30. The molecule has 4 nitrogen and oxygen atoms in total. The van der Waals surface area contributed by atoms with Crippen LogP contribution in [0.2, 0.25) is 0 Å². The molecule has 1 aromatic heterocycles. The fraction of sp³-hybridized carbons (Fsp3) is 0.109. The van der Waals surface area contributed by atoms with Crippen molar-refractivity contribution in [3.05, 3.63) is 222 Å². The quantitative estimate of drug-likeness (QED) is 0.183. The Labute approximate surface area is 345 Å². The summed E-state index contributed by atoms with van der Waals surface area (Å²) in [5, 5.41) is 6.32. The lowest BCUT2D eigenvalue weighted by atomic mass is 9.76. The first-order valence-electron chi connectivity index (χ1n) is 20.6. The minimum atomic E-state index is -0.106. The van der Waals surface area contributed by atoms with Crippen LogP contribution in [0.4, 0.5) is 5.69 Å². The topological polar surface area (TPSA) is 50.7 Å². The van der Waals surface area contributed by atoms with Crippen LogP contribution in [0, 0.1) is 5.92 Å². The van der Waals surface area contributed by atoms with Gasteiger partial charge in [-0.2, -0.15) is 0 Å². The Morgan fingerprint density at radius 3 is 1.93 bits per heavy atom. The van der Waals surface area contributed by atoms with Crippen LogP contribution in [0.3, 0.4) is 0 Å². The molecule has 1 N–H and O–H groups in total. The summed E-state index contributed by atoms with van der Waals surface area (Å²) in [5.41, 5.74) is 15.6. The Hall–Kier alpha value is -7.17. The van der Waals surface area contributed by atoms with Gasteiger partial charge in [0, 0.05) is 39.3 Å². The molecule has 282 valence electrons. The van der Waals surface area contributed by atoms with Crippen molar-refractivity contribution in [3.8, 4) is 33.9 Å². The number of nitrogens with one attached hydrogen (secondary N) is 1. The van der Waals surface area contributed by atoms with E-state index in [1.54, 1.807) is 0 Å². The van der Waals surface area contributed by atoms with Crippen LogP contribution in [0.1, 0.15) is 60.0 Å². The summed E-state index contributed by atoms with van der Waals surface area (Å²) in [5.74, 6) is 2.02. The predicted molar refractivity (Wildman–Crippen MR) is 243 cm³/mol. The van der Waals surface area contributed by atoms with Crippen molar-refractivity contribution in [2.45, 2.75) is 31.7 Å². The van der Waals surface area contributed by atoms with Crippen molar-refractivity contribution in [1.82, 2.24) is 15.0 Å². The number of hydrogen-bond acceptors (Lipinski definition) is 4. The molecule has 0 saturated carbocycles. The molecular formula is C55H42N4. The third-order valence-electron chi connectivity index (χ3n) is 12.5. The summed E-state index contributed by atoms with van der Waals surface area (Å²) in [4.78, 5) is 15.7. The summed E-state index contributed by atoms with van der Waals surface area (Å²) < 4.78 is 0. The van der Waals surface area contributed by atoms with E-state index >= 15 is 0 Å². The maximum absolute atomic E-state index is 5.30. The summed E-state index contributed by atoms with van der Waals surface area (Å²) in [7, 11) is 0. The molecule has 7 aromatic carbocycles. The van der Waals surface area contributed by atoms with Crippen molar-refractivity contribution in [2.75, 3.05) is 5.32 Å². The van der Waals surface area contributed by atoms with Gasteiger partial charge in [0.15, 0.2) is 17.5 Å². The Balaban J connectivity index is 1.11. The van der Waals surface area contributed by atoms with Gasteiger partial charge in [-0.15, -0.1) is 0 Å². The van der Waals surface area contributed by atoms with Gasteiger partial charge in [-0.25, -0.2) is 15.0 Å². The Morgan fingerprint density at radius 2 is 1.15 bits per heavy atom. The van der Waals surface area contributed by atoms with Gasteiger partial charge in [-0.05, 0) is 86.0 Å². The van der Waals surface area contributed by atoms with Gasteiger partial charge < -0.3 is 5.32 Å². The van der Waals surface area contributed by atoms with E-state index in [9.17, 15) is 0 Å². The van der Waals surface area contributed by atoms with E-state index in [4.69, 9.17) is 15.0 Å². The molecule has 0 fully saturated rings. The number of fused-ring (bicyclic) bond motifs is 5. The number of benzene rings is 7. The lowest BCUT2D eigenvalue weighted by Gasteiger charge is -2.33. The highest BCUT2D eigenvalue weighted by atomic mass is 15.0. The zero-order valence-corrected chi connectivity index (χ0v) is 33.1. The van der Waals surface area contributed by atoms with Gasteiger partial charge in [0.1, 0.15) is 0 Å². The van der Waals surface area contributed by atoms with Crippen LogP contribution in [0.5, 0.6) is 0 Å². The Morgan fingerprint density at radius 1 is 0.508 bits per heavy atom. The van der Waals surface area contributed by atoms with Crippen LogP contribution in [-0.2, 0) is 5.41 Å². The van der Waals surface area contributed by atoms with Gasteiger partial charge in [-0.3, -0.25) is 0 Å². The number of nitrogens with zero attached hydrogens (tertiary/aromatic N) is 3. The fourth-order valence-corrected chi connectivity index (χ4v) is 9.43. The second-order valence-electron chi connectivity index (χ2n) is 16.5. The summed E-state index contributed by atoms with van der Waals surface area (Å²) in [6.07, 6.45) is 8.02. The standard InChI is InChI=1S/C55H42N4/c1-55(2)48-25-15-14-24-44(48)46-32-47-45(33-50(37-19-8-4-9-20-37)56-51(47)34-49(46)55)42-29-41(35-16-6-3-7-17-35)30-43(31-42)54-58-52(38-21-10-5-11-22-38)57-53(59-54)40-27-26-36-18-12-13-23-39(36)28-40/h3-28,30-34,42,50,56H,29H2,1-2H3. The summed E-state index contributed by atoms with van der Waals surface area (Å²) >= 11 is 0. The van der Waals surface area contributed by atoms with Crippen LogP contribution in [0.25, 0.3) is 61.4 Å². The lowest BCUT2D eigenvalue weighted by molar-refractivity contribution is 0.660. The summed E-state index contributed by atoms with van der Waals surface area (Å²) in [6.45, 7) is 4.71. The van der Waals surface area contributed by atoms with Crippen LogP contribution in [-0.4, -0.2) is 15.0 Å². The third kappa shape index (κ3) is 6.20. The smallest absolute Gasteiger partial charge is 0.164 e. The maximum Gasteiger partial charge on any atom is 0.164 e. The first kappa shape index (κ1) is 35.0. The monoisotopic (exact) mass is 758 g/mol. The highest BCUT2D eigenvalue weighted by Gasteiger charge is 2.38. The minimum absolute atomic E-state index is 0.00735. The minimum Gasteiger partial charge on any atom is -0.374 e. The molecule has 0 radical (unpaired) electrons. The molecule has 0 bridgehead atoms. The molecule has 0 spiro atoms. The molecular weight excluding hydrogens is 717 g/mol. The van der Waals surface area contributed by atoms with Crippen molar-refractivity contribution >= 4 is 33.2 Å². The largest absolute Gasteiger partial charge is 0.374 e. The molecule has 0 saturated heterocycles. The Bertz CT molecular complexity index is 3010. The van der Waals surface area contributed by atoms with E-state index in [1.807, 2.05) is 18.2 Å². The van der Waals surface area contributed by atoms with E-state index in [-0.39, 0.29) is 17.4 Å². The van der Waals surface area contributed by atoms with E-state index in [0.29, 0.717) is 17.5 Å². The van der Waals surface area contributed by atoms with Gasteiger partial charge in [0.25, 0.3) is 0 Å². The first-order valence-corrected chi connectivity index (χ1v) is 20.6. The molecule has 8 aromatic rings. The van der Waals surface area contributed by atoms with E-state index in [2.05, 4.69) is 189 Å². The van der Waals surface area contributed by atoms with Crippen molar-refractivity contribution in [3.63, 3.8) is 0 Å². The van der Waals surface area contributed by atoms with E-state index < -0.39 is 0 Å². The zero-order valence-electron chi connectivity index (χ0n) is 33.1. The number of rotatable bonds is 6. The number of anilines is 1. The SMILES string of the molecule is CC1(C)c2ccccc2-c2cc3c(cc21)NC(c1ccccc1)C=C3C1C=C(c2nc(-c3ccccc3)nc(-c3ccc4ccccc4c3)n2)C=C(c2ccccc2)C1. The fourth-order valence-electron chi connectivity index (χ4n) is 9.43. The van der Waals surface area contributed by atoms with Crippen LogP contribution < -0.4 is 5.32 Å². The van der Waals surface area contributed by atoms with Crippen molar-refractivity contribution in [1.29, 1.82) is 0 Å². The average molecular weight is 759 g/mol. The molecule has 11 rings (SSSR count). The van der Waals surface area contributed by atoms with Crippen LogP contribution in [0.15, 0.2) is 188 Å². The summed E-state index contributed by atoms with van der Waals surface area (Å²) in [6, 6.07) is 60.6. The molecule has 0 amide bonds. The molecule has 2 heterocycles. The first-order chi connectivity index (χ1) is 29.0. The molecule has 2 unspecified atom stereocenters.